The molecule has 24 heavy (non-hydrogen) atoms. The Morgan fingerprint density at radius 1 is 1.21 bits per heavy atom. The highest BCUT2D eigenvalue weighted by atomic mass is 16.5. The third-order valence-electron chi connectivity index (χ3n) is 4.17. The molecular formula is C19H30N2O3. The van der Waals surface area contributed by atoms with Gasteiger partial charge in [0, 0.05) is 18.8 Å². The van der Waals surface area contributed by atoms with Crippen molar-refractivity contribution >= 4 is 11.8 Å². The molecule has 0 spiro atoms. The zero-order valence-corrected chi connectivity index (χ0v) is 14.8. The van der Waals surface area contributed by atoms with E-state index < -0.39 is 6.09 Å². The minimum atomic E-state index is -0.395. The maximum atomic E-state index is 11.8. The third kappa shape index (κ3) is 7.32. The Morgan fingerprint density at radius 2 is 2.08 bits per heavy atom. The lowest BCUT2D eigenvalue weighted by atomic mass is 10.2. The number of anilines is 1. The molecule has 1 saturated heterocycles. The van der Waals surface area contributed by atoms with Crippen molar-refractivity contribution in [1.29, 1.82) is 0 Å². The van der Waals surface area contributed by atoms with Crippen molar-refractivity contribution in [3.05, 3.63) is 29.8 Å². The highest BCUT2D eigenvalue weighted by Gasteiger charge is 2.13. The molecule has 2 rings (SSSR count). The van der Waals surface area contributed by atoms with Gasteiger partial charge in [-0.05, 0) is 43.6 Å². The third-order valence-corrected chi connectivity index (χ3v) is 4.17. The lowest BCUT2D eigenvalue weighted by molar-refractivity contribution is 0.114. The lowest BCUT2D eigenvalue weighted by Gasteiger charge is -2.30. The normalized spacial score (nSPS) is 14.2. The fourth-order valence-electron chi connectivity index (χ4n) is 2.59. The molecule has 1 aromatic rings. The molecule has 1 aromatic carbocycles. The summed E-state index contributed by atoms with van der Waals surface area (Å²) in [7, 11) is 0. The molecule has 1 aliphatic heterocycles. The standard InChI is InChI=1S/C19H30N2O3/c1-2-3-4-5-13-23-16-17-8-6-9-18(15-17)20-19(22)24-14-12-21-10-7-11-21/h6,8-9,15H,2-5,7,10-14,16H2,1H3,(H,20,22). The van der Waals surface area contributed by atoms with Gasteiger partial charge in [-0.1, -0.05) is 38.3 Å². The van der Waals surface area contributed by atoms with Crippen LogP contribution in [-0.2, 0) is 16.1 Å². The molecule has 134 valence electrons. The molecule has 1 aliphatic rings. The predicted molar refractivity (Wildman–Crippen MR) is 96.3 cm³/mol. The number of unbranched alkanes of at least 4 members (excludes halogenated alkanes) is 3. The van der Waals surface area contributed by atoms with Crippen molar-refractivity contribution in [3.63, 3.8) is 0 Å². The second-order valence-corrected chi connectivity index (χ2v) is 6.27. The zero-order valence-electron chi connectivity index (χ0n) is 14.8. The first kappa shape index (κ1) is 18.7. The van der Waals surface area contributed by atoms with Gasteiger partial charge in [-0.15, -0.1) is 0 Å². The molecule has 5 nitrogen and oxygen atoms in total. The topological polar surface area (TPSA) is 50.8 Å². The lowest BCUT2D eigenvalue weighted by Crippen LogP contribution is -2.39. The fourth-order valence-corrected chi connectivity index (χ4v) is 2.59. The second kappa shape index (κ2) is 11.0. The average Bonchev–Trinajstić information content (AvgIpc) is 2.53. The van der Waals surface area contributed by atoms with Crippen LogP contribution in [0.25, 0.3) is 0 Å². The second-order valence-electron chi connectivity index (χ2n) is 6.27. The highest BCUT2D eigenvalue weighted by molar-refractivity contribution is 5.84. The first-order chi connectivity index (χ1) is 11.8. The number of hydrogen-bond donors (Lipinski definition) is 1. The molecule has 0 bridgehead atoms. The van der Waals surface area contributed by atoms with E-state index in [2.05, 4.69) is 17.1 Å². The van der Waals surface area contributed by atoms with E-state index >= 15 is 0 Å². The summed E-state index contributed by atoms with van der Waals surface area (Å²) in [5.41, 5.74) is 1.81. The largest absolute Gasteiger partial charge is 0.448 e. The van der Waals surface area contributed by atoms with Crippen LogP contribution in [0.15, 0.2) is 24.3 Å². The number of nitrogens with zero attached hydrogens (tertiary/aromatic N) is 1. The van der Waals surface area contributed by atoms with Crippen LogP contribution in [0.1, 0.15) is 44.6 Å². The van der Waals surface area contributed by atoms with E-state index in [1.807, 2.05) is 24.3 Å². The Balaban J connectivity index is 1.62. The van der Waals surface area contributed by atoms with Crippen molar-refractivity contribution in [2.75, 3.05) is 38.2 Å². The van der Waals surface area contributed by atoms with E-state index in [1.165, 1.54) is 25.7 Å². The van der Waals surface area contributed by atoms with E-state index in [1.54, 1.807) is 0 Å². The molecule has 0 atom stereocenters. The van der Waals surface area contributed by atoms with Gasteiger partial charge in [-0.3, -0.25) is 10.2 Å². The smallest absolute Gasteiger partial charge is 0.411 e. The molecule has 5 heteroatoms. The van der Waals surface area contributed by atoms with Gasteiger partial charge >= 0.3 is 6.09 Å². The Bertz CT molecular complexity index is 489. The first-order valence-corrected chi connectivity index (χ1v) is 9.10. The molecule has 1 fully saturated rings. The van der Waals surface area contributed by atoms with Crippen molar-refractivity contribution in [3.8, 4) is 0 Å². The summed E-state index contributed by atoms with van der Waals surface area (Å²) in [6, 6.07) is 7.72. The van der Waals surface area contributed by atoms with Gasteiger partial charge in [0.25, 0.3) is 0 Å². The number of benzene rings is 1. The first-order valence-electron chi connectivity index (χ1n) is 9.10. The van der Waals surface area contributed by atoms with Gasteiger partial charge in [-0.2, -0.15) is 0 Å². The number of carbonyl (C=O) groups is 1. The number of ether oxygens (including phenoxy) is 2. The SMILES string of the molecule is CCCCCCOCc1cccc(NC(=O)OCCN2CCC2)c1. The van der Waals surface area contributed by atoms with Crippen LogP contribution in [0.2, 0.25) is 0 Å². The Kier molecular flexibility index (Phi) is 8.63. The van der Waals surface area contributed by atoms with E-state index in [0.717, 1.165) is 43.9 Å². The Hall–Kier alpha value is -1.59. The van der Waals surface area contributed by atoms with E-state index in [4.69, 9.17) is 9.47 Å². The number of nitrogens with one attached hydrogen (secondary N) is 1. The maximum absolute atomic E-state index is 11.8. The van der Waals surface area contributed by atoms with Crippen LogP contribution in [0.4, 0.5) is 10.5 Å². The Morgan fingerprint density at radius 3 is 2.83 bits per heavy atom. The summed E-state index contributed by atoms with van der Waals surface area (Å²) in [5.74, 6) is 0. The minimum absolute atomic E-state index is 0.395. The summed E-state index contributed by atoms with van der Waals surface area (Å²) in [6.07, 6.45) is 5.69. The number of amides is 1. The summed E-state index contributed by atoms with van der Waals surface area (Å²) in [4.78, 5) is 14.1. The van der Waals surface area contributed by atoms with E-state index in [0.29, 0.717) is 13.2 Å². The fraction of sp³-hybridized carbons (Fsp3) is 0.632. The van der Waals surface area contributed by atoms with Crippen molar-refractivity contribution in [2.24, 2.45) is 0 Å². The summed E-state index contributed by atoms with van der Waals surface area (Å²) >= 11 is 0. The molecule has 0 aliphatic carbocycles. The van der Waals surface area contributed by atoms with Crippen molar-refractivity contribution < 1.29 is 14.3 Å². The molecule has 1 heterocycles. The number of rotatable bonds is 11. The molecule has 1 N–H and O–H groups in total. The maximum Gasteiger partial charge on any atom is 0.411 e. The monoisotopic (exact) mass is 334 g/mol. The van der Waals surface area contributed by atoms with Gasteiger partial charge < -0.3 is 9.47 Å². The van der Waals surface area contributed by atoms with Gasteiger partial charge in [0.05, 0.1) is 6.61 Å². The summed E-state index contributed by atoms with van der Waals surface area (Å²) in [6.45, 7) is 7.06. The van der Waals surface area contributed by atoms with Gasteiger partial charge in [-0.25, -0.2) is 4.79 Å². The van der Waals surface area contributed by atoms with Crippen LogP contribution in [0.3, 0.4) is 0 Å². The summed E-state index contributed by atoms with van der Waals surface area (Å²) < 4.78 is 10.9. The molecule has 0 unspecified atom stereocenters. The molecular weight excluding hydrogens is 304 g/mol. The molecule has 1 amide bonds. The Labute approximate surface area is 145 Å². The summed E-state index contributed by atoms with van der Waals surface area (Å²) in [5, 5.41) is 2.78. The van der Waals surface area contributed by atoms with Crippen LogP contribution in [0.5, 0.6) is 0 Å². The number of likely N-dealkylation sites (tertiary alicyclic amines) is 1. The van der Waals surface area contributed by atoms with E-state index in [9.17, 15) is 4.79 Å². The van der Waals surface area contributed by atoms with Crippen LogP contribution in [0, 0.1) is 0 Å². The van der Waals surface area contributed by atoms with Crippen LogP contribution < -0.4 is 5.32 Å². The number of hydrogen-bond acceptors (Lipinski definition) is 4. The van der Waals surface area contributed by atoms with Gasteiger partial charge in [0.2, 0.25) is 0 Å². The molecule has 0 saturated carbocycles. The van der Waals surface area contributed by atoms with Crippen LogP contribution in [-0.4, -0.2) is 43.8 Å². The van der Waals surface area contributed by atoms with Gasteiger partial charge in [0.15, 0.2) is 0 Å². The quantitative estimate of drug-likeness (QED) is 0.621. The van der Waals surface area contributed by atoms with E-state index in [-0.39, 0.29) is 0 Å². The van der Waals surface area contributed by atoms with Gasteiger partial charge in [0.1, 0.15) is 6.61 Å². The number of carbonyl (C=O) groups excluding carboxylic acids is 1. The molecule has 0 radical (unpaired) electrons. The average molecular weight is 334 g/mol. The zero-order chi connectivity index (χ0) is 17.0. The molecule has 0 aromatic heterocycles. The predicted octanol–water partition coefficient (Wildman–Crippen LogP) is 4.04. The van der Waals surface area contributed by atoms with Crippen LogP contribution >= 0.6 is 0 Å². The highest BCUT2D eigenvalue weighted by Crippen LogP contribution is 2.12. The van der Waals surface area contributed by atoms with Crippen molar-refractivity contribution in [1.82, 2.24) is 4.90 Å². The minimum Gasteiger partial charge on any atom is -0.448 e. The van der Waals surface area contributed by atoms with Crippen molar-refractivity contribution in [2.45, 2.75) is 45.6 Å².